The summed E-state index contributed by atoms with van der Waals surface area (Å²) in [4.78, 5) is 11.9. The summed E-state index contributed by atoms with van der Waals surface area (Å²) in [7, 11) is 1.61. The lowest BCUT2D eigenvalue weighted by Gasteiger charge is -2.09. The number of ether oxygens (including phenoxy) is 2. The molecule has 0 aliphatic rings. The van der Waals surface area contributed by atoms with Crippen molar-refractivity contribution in [2.75, 3.05) is 20.3 Å². The van der Waals surface area contributed by atoms with Crippen molar-refractivity contribution in [3.8, 4) is 11.5 Å². The molecule has 2 aromatic carbocycles. The van der Waals surface area contributed by atoms with Gasteiger partial charge in [0.1, 0.15) is 18.1 Å². The summed E-state index contributed by atoms with van der Waals surface area (Å²) in [6.45, 7) is 0.829. The minimum absolute atomic E-state index is 0.120. The molecule has 110 valence electrons. The number of hydrogen-bond acceptors (Lipinski definition) is 3. The Hall–Kier alpha value is -2.01. The first-order valence-electron chi connectivity index (χ1n) is 6.49. The summed E-state index contributed by atoms with van der Waals surface area (Å²) >= 11 is 3.34. The van der Waals surface area contributed by atoms with Crippen LogP contribution in [0.1, 0.15) is 10.4 Å². The van der Waals surface area contributed by atoms with E-state index in [2.05, 4.69) is 21.2 Å². The number of methoxy groups -OCH3 is 1. The SMILES string of the molecule is COc1cccc(OCCNC(=O)c2cccc(Br)c2)c1. The molecule has 0 aliphatic heterocycles. The second-order valence-electron chi connectivity index (χ2n) is 4.29. The van der Waals surface area contributed by atoms with Gasteiger partial charge in [-0.05, 0) is 30.3 Å². The Morgan fingerprint density at radius 3 is 2.67 bits per heavy atom. The third kappa shape index (κ3) is 4.79. The van der Waals surface area contributed by atoms with Gasteiger partial charge in [0.05, 0.1) is 13.7 Å². The van der Waals surface area contributed by atoms with Gasteiger partial charge in [-0.3, -0.25) is 4.79 Å². The van der Waals surface area contributed by atoms with E-state index in [1.807, 2.05) is 30.3 Å². The Morgan fingerprint density at radius 2 is 1.90 bits per heavy atom. The molecule has 4 nitrogen and oxygen atoms in total. The van der Waals surface area contributed by atoms with E-state index < -0.39 is 0 Å². The highest BCUT2D eigenvalue weighted by Crippen LogP contribution is 2.18. The van der Waals surface area contributed by atoms with Gasteiger partial charge in [0.25, 0.3) is 5.91 Å². The Kier molecular flexibility index (Phi) is 5.63. The number of nitrogens with one attached hydrogen (secondary N) is 1. The van der Waals surface area contributed by atoms with Crippen molar-refractivity contribution in [2.24, 2.45) is 0 Å². The Balaban J connectivity index is 1.78. The fourth-order valence-electron chi connectivity index (χ4n) is 1.76. The number of benzene rings is 2. The smallest absolute Gasteiger partial charge is 0.251 e. The van der Waals surface area contributed by atoms with Crippen LogP contribution in [0.4, 0.5) is 0 Å². The van der Waals surface area contributed by atoms with Crippen LogP contribution >= 0.6 is 15.9 Å². The highest BCUT2D eigenvalue weighted by molar-refractivity contribution is 9.10. The third-order valence-electron chi connectivity index (χ3n) is 2.78. The van der Waals surface area contributed by atoms with E-state index in [0.717, 1.165) is 10.2 Å². The van der Waals surface area contributed by atoms with E-state index >= 15 is 0 Å². The average molecular weight is 350 g/mol. The molecule has 0 radical (unpaired) electrons. The maximum Gasteiger partial charge on any atom is 0.251 e. The third-order valence-corrected chi connectivity index (χ3v) is 3.28. The predicted octanol–water partition coefficient (Wildman–Crippen LogP) is 3.27. The van der Waals surface area contributed by atoms with Gasteiger partial charge in [0.15, 0.2) is 0 Å². The molecule has 0 saturated carbocycles. The molecular formula is C16H16BrNO3. The van der Waals surface area contributed by atoms with Crippen LogP contribution in [0.25, 0.3) is 0 Å². The van der Waals surface area contributed by atoms with Crippen LogP contribution in [0.3, 0.4) is 0 Å². The quantitative estimate of drug-likeness (QED) is 0.814. The first-order valence-corrected chi connectivity index (χ1v) is 7.29. The first kappa shape index (κ1) is 15.4. The molecule has 0 unspecified atom stereocenters. The number of carbonyl (C=O) groups excluding carboxylic acids is 1. The summed E-state index contributed by atoms with van der Waals surface area (Å²) in [6.07, 6.45) is 0. The van der Waals surface area contributed by atoms with Crippen LogP contribution in [-0.2, 0) is 0 Å². The van der Waals surface area contributed by atoms with Crippen LogP contribution in [0, 0.1) is 0 Å². The molecule has 5 heteroatoms. The van der Waals surface area contributed by atoms with Crippen LogP contribution in [0.15, 0.2) is 53.0 Å². The molecular weight excluding hydrogens is 334 g/mol. The van der Waals surface area contributed by atoms with Crippen LogP contribution in [-0.4, -0.2) is 26.2 Å². The predicted molar refractivity (Wildman–Crippen MR) is 85.0 cm³/mol. The summed E-state index contributed by atoms with van der Waals surface area (Å²) in [5.74, 6) is 1.34. The molecule has 0 atom stereocenters. The Labute approximate surface area is 132 Å². The molecule has 1 amide bonds. The van der Waals surface area contributed by atoms with Gasteiger partial charge in [-0.25, -0.2) is 0 Å². The fourth-order valence-corrected chi connectivity index (χ4v) is 2.16. The number of carbonyl (C=O) groups is 1. The summed E-state index contributed by atoms with van der Waals surface area (Å²) < 4.78 is 11.5. The van der Waals surface area contributed by atoms with Crippen molar-refractivity contribution in [3.05, 3.63) is 58.6 Å². The van der Waals surface area contributed by atoms with Gasteiger partial charge < -0.3 is 14.8 Å². The zero-order valence-electron chi connectivity index (χ0n) is 11.6. The van der Waals surface area contributed by atoms with Gasteiger partial charge in [0, 0.05) is 16.1 Å². The zero-order chi connectivity index (χ0) is 15.1. The number of hydrogen-bond donors (Lipinski definition) is 1. The molecule has 1 N–H and O–H groups in total. The number of amides is 1. The lowest BCUT2D eigenvalue weighted by Crippen LogP contribution is -2.28. The number of halogens is 1. The van der Waals surface area contributed by atoms with Crippen LogP contribution in [0.5, 0.6) is 11.5 Å². The molecule has 0 aliphatic carbocycles. The van der Waals surface area contributed by atoms with E-state index in [1.165, 1.54) is 0 Å². The van der Waals surface area contributed by atoms with Gasteiger partial charge in [-0.15, -0.1) is 0 Å². The summed E-state index contributed by atoms with van der Waals surface area (Å²) in [6, 6.07) is 14.6. The molecule has 2 aromatic rings. The van der Waals surface area contributed by atoms with E-state index in [4.69, 9.17) is 9.47 Å². The van der Waals surface area contributed by atoms with Crippen LogP contribution < -0.4 is 14.8 Å². The van der Waals surface area contributed by atoms with Gasteiger partial charge in [-0.1, -0.05) is 28.1 Å². The molecule has 0 aromatic heterocycles. The monoisotopic (exact) mass is 349 g/mol. The topological polar surface area (TPSA) is 47.6 Å². The van der Waals surface area contributed by atoms with E-state index in [1.54, 1.807) is 25.3 Å². The molecule has 0 spiro atoms. The fraction of sp³-hybridized carbons (Fsp3) is 0.188. The van der Waals surface area contributed by atoms with Crippen molar-refractivity contribution in [1.82, 2.24) is 5.32 Å². The maximum absolute atomic E-state index is 11.9. The average Bonchev–Trinajstić information content (AvgIpc) is 2.51. The van der Waals surface area contributed by atoms with E-state index in [9.17, 15) is 4.79 Å². The van der Waals surface area contributed by atoms with E-state index in [0.29, 0.717) is 24.5 Å². The first-order chi connectivity index (χ1) is 10.2. The van der Waals surface area contributed by atoms with Gasteiger partial charge >= 0.3 is 0 Å². The van der Waals surface area contributed by atoms with Crippen molar-refractivity contribution in [1.29, 1.82) is 0 Å². The van der Waals surface area contributed by atoms with Crippen molar-refractivity contribution in [3.63, 3.8) is 0 Å². The van der Waals surface area contributed by atoms with Crippen molar-refractivity contribution < 1.29 is 14.3 Å². The summed E-state index contributed by atoms with van der Waals surface area (Å²) in [5.41, 5.74) is 0.616. The highest BCUT2D eigenvalue weighted by atomic mass is 79.9. The molecule has 0 fully saturated rings. The van der Waals surface area contributed by atoms with Crippen molar-refractivity contribution in [2.45, 2.75) is 0 Å². The highest BCUT2D eigenvalue weighted by Gasteiger charge is 2.05. The summed E-state index contributed by atoms with van der Waals surface area (Å²) in [5, 5.41) is 2.81. The second-order valence-corrected chi connectivity index (χ2v) is 5.21. The Morgan fingerprint density at radius 1 is 1.14 bits per heavy atom. The van der Waals surface area contributed by atoms with Gasteiger partial charge in [0.2, 0.25) is 0 Å². The minimum atomic E-state index is -0.120. The minimum Gasteiger partial charge on any atom is -0.497 e. The molecule has 2 rings (SSSR count). The van der Waals surface area contributed by atoms with Gasteiger partial charge in [-0.2, -0.15) is 0 Å². The standard InChI is InChI=1S/C16H16BrNO3/c1-20-14-6-3-7-15(11-14)21-9-8-18-16(19)12-4-2-5-13(17)10-12/h2-7,10-11H,8-9H2,1H3,(H,18,19). The largest absolute Gasteiger partial charge is 0.497 e. The second kappa shape index (κ2) is 7.69. The Bertz CT molecular complexity index is 616. The van der Waals surface area contributed by atoms with Crippen LogP contribution in [0.2, 0.25) is 0 Å². The normalized spacial score (nSPS) is 10.0. The molecule has 0 heterocycles. The molecule has 0 saturated heterocycles. The molecule has 0 bridgehead atoms. The molecule has 21 heavy (non-hydrogen) atoms. The van der Waals surface area contributed by atoms with E-state index in [-0.39, 0.29) is 5.91 Å². The van der Waals surface area contributed by atoms with Crippen molar-refractivity contribution >= 4 is 21.8 Å². The maximum atomic E-state index is 11.9. The zero-order valence-corrected chi connectivity index (χ0v) is 13.2. The number of rotatable bonds is 6. The lowest BCUT2D eigenvalue weighted by molar-refractivity contribution is 0.0947. The lowest BCUT2D eigenvalue weighted by atomic mass is 10.2.